The Hall–Kier alpha value is 0.250. The fourth-order valence-corrected chi connectivity index (χ4v) is 1.05. The molecule has 0 aliphatic carbocycles. The van der Waals surface area contributed by atoms with Crippen molar-refractivity contribution >= 4 is 11.6 Å². The van der Waals surface area contributed by atoms with E-state index in [0.717, 1.165) is 19.6 Å². The second-order valence-corrected chi connectivity index (χ2v) is 3.67. The second kappa shape index (κ2) is 6.93. The molecule has 0 aromatic carbocycles. The minimum Gasteiger partial charge on any atom is -0.381 e. The van der Waals surface area contributed by atoms with Crippen LogP contribution < -0.4 is 0 Å². The monoisotopic (exact) mass is 178 g/mol. The van der Waals surface area contributed by atoms with E-state index in [-0.39, 0.29) is 0 Å². The van der Waals surface area contributed by atoms with E-state index in [1.54, 1.807) is 0 Å². The van der Waals surface area contributed by atoms with Crippen LogP contribution in [-0.2, 0) is 4.74 Å². The Balaban J connectivity index is 3.21. The molecule has 1 unspecified atom stereocenters. The molecular formula is C9H19ClO. The van der Waals surface area contributed by atoms with E-state index in [2.05, 4.69) is 20.8 Å². The van der Waals surface area contributed by atoms with Gasteiger partial charge in [-0.15, -0.1) is 11.6 Å². The van der Waals surface area contributed by atoms with Gasteiger partial charge in [0.25, 0.3) is 0 Å². The van der Waals surface area contributed by atoms with Crippen LogP contribution in [0, 0.1) is 11.8 Å². The molecule has 1 nitrogen and oxygen atoms in total. The third-order valence-electron chi connectivity index (χ3n) is 1.60. The zero-order chi connectivity index (χ0) is 8.69. The van der Waals surface area contributed by atoms with Crippen LogP contribution in [-0.4, -0.2) is 19.1 Å². The van der Waals surface area contributed by atoms with Gasteiger partial charge < -0.3 is 4.74 Å². The summed E-state index contributed by atoms with van der Waals surface area (Å²) >= 11 is 5.70. The topological polar surface area (TPSA) is 9.23 Å². The van der Waals surface area contributed by atoms with Crippen molar-refractivity contribution in [3.05, 3.63) is 0 Å². The van der Waals surface area contributed by atoms with Gasteiger partial charge in [-0.1, -0.05) is 20.8 Å². The van der Waals surface area contributed by atoms with Gasteiger partial charge >= 0.3 is 0 Å². The van der Waals surface area contributed by atoms with Crippen molar-refractivity contribution in [2.24, 2.45) is 11.8 Å². The van der Waals surface area contributed by atoms with Crippen molar-refractivity contribution in [2.45, 2.75) is 27.2 Å². The molecule has 68 valence electrons. The zero-order valence-electron chi connectivity index (χ0n) is 7.77. The molecule has 11 heavy (non-hydrogen) atoms. The van der Waals surface area contributed by atoms with Crippen molar-refractivity contribution in [1.29, 1.82) is 0 Å². The summed E-state index contributed by atoms with van der Waals surface area (Å²) < 4.78 is 5.45. The molecule has 2 heteroatoms. The molecular weight excluding hydrogens is 160 g/mol. The lowest BCUT2D eigenvalue weighted by Crippen LogP contribution is -2.12. The summed E-state index contributed by atoms with van der Waals surface area (Å²) in [5, 5.41) is 0. The molecule has 0 radical (unpaired) electrons. The van der Waals surface area contributed by atoms with Crippen LogP contribution in [0.1, 0.15) is 27.2 Å². The van der Waals surface area contributed by atoms with Gasteiger partial charge in [0.2, 0.25) is 0 Å². The molecule has 0 fully saturated rings. The molecule has 0 amide bonds. The standard InChI is InChI=1S/C9H19ClO/c1-4-9(5-10)7-11-6-8(2)3/h8-9H,4-7H2,1-3H3. The molecule has 1 atom stereocenters. The van der Waals surface area contributed by atoms with Crippen molar-refractivity contribution < 1.29 is 4.74 Å². The minimum absolute atomic E-state index is 0.537. The van der Waals surface area contributed by atoms with Gasteiger partial charge in [-0.25, -0.2) is 0 Å². The summed E-state index contributed by atoms with van der Waals surface area (Å²) in [6, 6.07) is 0. The lowest BCUT2D eigenvalue weighted by Gasteiger charge is -2.12. The van der Waals surface area contributed by atoms with Gasteiger partial charge in [-0.05, 0) is 18.3 Å². The maximum absolute atomic E-state index is 5.70. The highest BCUT2D eigenvalue weighted by molar-refractivity contribution is 6.18. The summed E-state index contributed by atoms with van der Waals surface area (Å²) in [5.41, 5.74) is 0. The first-order valence-electron chi connectivity index (χ1n) is 4.34. The van der Waals surface area contributed by atoms with Crippen molar-refractivity contribution in [1.82, 2.24) is 0 Å². The molecule has 0 aliphatic heterocycles. The second-order valence-electron chi connectivity index (χ2n) is 3.36. The largest absolute Gasteiger partial charge is 0.381 e. The SMILES string of the molecule is CCC(CCl)COCC(C)C. The Morgan fingerprint density at radius 2 is 1.91 bits per heavy atom. The van der Waals surface area contributed by atoms with E-state index in [9.17, 15) is 0 Å². The van der Waals surface area contributed by atoms with Gasteiger partial charge in [0.1, 0.15) is 0 Å². The summed E-state index contributed by atoms with van der Waals surface area (Å²) in [4.78, 5) is 0. The maximum atomic E-state index is 5.70. The highest BCUT2D eigenvalue weighted by atomic mass is 35.5. The van der Waals surface area contributed by atoms with E-state index in [1.807, 2.05) is 0 Å². The van der Waals surface area contributed by atoms with E-state index in [0.29, 0.717) is 17.7 Å². The first kappa shape index (κ1) is 11.2. The van der Waals surface area contributed by atoms with E-state index < -0.39 is 0 Å². The maximum Gasteiger partial charge on any atom is 0.0505 e. The van der Waals surface area contributed by atoms with Crippen molar-refractivity contribution in [3.8, 4) is 0 Å². The number of hydrogen-bond donors (Lipinski definition) is 0. The fraction of sp³-hybridized carbons (Fsp3) is 1.00. The summed E-state index contributed by atoms with van der Waals surface area (Å²) in [7, 11) is 0. The van der Waals surface area contributed by atoms with Crippen LogP contribution in [0.5, 0.6) is 0 Å². The van der Waals surface area contributed by atoms with Gasteiger partial charge in [-0.2, -0.15) is 0 Å². The third kappa shape index (κ3) is 6.64. The molecule has 0 spiro atoms. The van der Waals surface area contributed by atoms with Gasteiger partial charge in [0.05, 0.1) is 6.61 Å². The van der Waals surface area contributed by atoms with Crippen molar-refractivity contribution in [3.63, 3.8) is 0 Å². The normalized spacial score (nSPS) is 13.9. The molecule has 0 N–H and O–H groups in total. The quantitative estimate of drug-likeness (QED) is 0.569. The third-order valence-corrected chi connectivity index (χ3v) is 2.04. The van der Waals surface area contributed by atoms with Crippen LogP contribution in [0.3, 0.4) is 0 Å². The highest BCUT2D eigenvalue weighted by Gasteiger charge is 2.04. The van der Waals surface area contributed by atoms with Gasteiger partial charge in [-0.3, -0.25) is 0 Å². The van der Waals surface area contributed by atoms with Crippen LogP contribution in [0.15, 0.2) is 0 Å². The fourth-order valence-electron chi connectivity index (χ4n) is 0.742. The van der Waals surface area contributed by atoms with Crippen LogP contribution in [0.2, 0.25) is 0 Å². The number of alkyl halides is 1. The molecule has 0 saturated carbocycles. The molecule has 0 aromatic rings. The van der Waals surface area contributed by atoms with Gasteiger partial charge in [0.15, 0.2) is 0 Å². The number of hydrogen-bond acceptors (Lipinski definition) is 1. The first-order chi connectivity index (χ1) is 5.20. The summed E-state index contributed by atoms with van der Waals surface area (Å²) in [6.07, 6.45) is 1.11. The molecule has 0 aliphatic rings. The lowest BCUT2D eigenvalue weighted by atomic mass is 10.1. The van der Waals surface area contributed by atoms with Crippen LogP contribution >= 0.6 is 11.6 Å². The summed E-state index contributed by atoms with van der Waals surface area (Å²) in [6.45, 7) is 8.13. The number of rotatable bonds is 6. The Morgan fingerprint density at radius 3 is 2.27 bits per heavy atom. The van der Waals surface area contributed by atoms with E-state index >= 15 is 0 Å². The molecule has 0 bridgehead atoms. The van der Waals surface area contributed by atoms with Crippen LogP contribution in [0.25, 0.3) is 0 Å². The zero-order valence-corrected chi connectivity index (χ0v) is 8.53. The Kier molecular flexibility index (Phi) is 7.09. The van der Waals surface area contributed by atoms with E-state index in [4.69, 9.17) is 16.3 Å². The van der Waals surface area contributed by atoms with Crippen LogP contribution in [0.4, 0.5) is 0 Å². The molecule has 0 rings (SSSR count). The predicted molar refractivity (Wildman–Crippen MR) is 50.2 cm³/mol. The first-order valence-corrected chi connectivity index (χ1v) is 4.87. The Bertz CT molecular complexity index is 79.6. The highest BCUT2D eigenvalue weighted by Crippen LogP contribution is 2.06. The van der Waals surface area contributed by atoms with Crippen molar-refractivity contribution in [2.75, 3.05) is 19.1 Å². The predicted octanol–water partition coefficient (Wildman–Crippen LogP) is 2.92. The number of halogens is 1. The Morgan fingerprint density at radius 1 is 1.27 bits per heavy atom. The average molecular weight is 179 g/mol. The molecule has 0 heterocycles. The lowest BCUT2D eigenvalue weighted by molar-refractivity contribution is 0.0840. The summed E-state index contributed by atoms with van der Waals surface area (Å²) in [5.74, 6) is 1.88. The van der Waals surface area contributed by atoms with E-state index in [1.165, 1.54) is 0 Å². The Labute approximate surface area is 75.1 Å². The minimum atomic E-state index is 0.537. The van der Waals surface area contributed by atoms with Gasteiger partial charge in [0, 0.05) is 12.5 Å². The number of ether oxygens (including phenoxy) is 1. The smallest absolute Gasteiger partial charge is 0.0505 e. The average Bonchev–Trinajstić information content (AvgIpc) is 1.98. The molecule has 0 saturated heterocycles. The molecule has 0 aromatic heterocycles.